The minimum Gasteiger partial charge on any atom is -0.248 e. The van der Waals surface area contributed by atoms with E-state index in [0.717, 1.165) is 11.3 Å². The highest BCUT2D eigenvalue weighted by atomic mass is 14.6. The molecule has 1 aromatic heterocycles. The predicted molar refractivity (Wildman–Crippen MR) is 50.5 cm³/mol. The second kappa shape index (κ2) is 4.35. The van der Waals surface area contributed by atoms with Gasteiger partial charge in [0.2, 0.25) is 0 Å². The maximum absolute atomic E-state index is 4.08. The van der Waals surface area contributed by atoms with Crippen LogP contribution < -0.4 is 0 Å². The molecule has 0 N–H and O–H groups in total. The molecule has 0 atom stereocenters. The molecule has 0 saturated heterocycles. The molecule has 0 spiro atoms. The Labute approximate surface area is 73.2 Å². The fourth-order valence-corrected chi connectivity index (χ4v) is 0.671. The van der Waals surface area contributed by atoms with E-state index in [1.807, 2.05) is 38.1 Å². The van der Waals surface area contributed by atoms with Gasteiger partial charge in [-0.15, -0.1) is 0 Å². The molecule has 0 bridgehead atoms. The van der Waals surface area contributed by atoms with Crippen LogP contribution in [-0.2, 0) is 0 Å². The molecular weight excluding hydrogens is 146 g/mol. The second-order valence-corrected chi connectivity index (χ2v) is 2.44. The van der Waals surface area contributed by atoms with E-state index in [1.54, 1.807) is 6.20 Å². The number of allylic oxidation sites excluding steroid dienone is 2. The van der Waals surface area contributed by atoms with Gasteiger partial charge in [-0.1, -0.05) is 18.1 Å². The Bertz CT molecular complexity index is 325. The van der Waals surface area contributed by atoms with Gasteiger partial charge in [0.25, 0.3) is 0 Å². The molecule has 60 valence electrons. The van der Waals surface area contributed by atoms with E-state index < -0.39 is 0 Å². The van der Waals surface area contributed by atoms with Crippen molar-refractivity contribution in [3.05, 3.63) is 41.7 Å². The van der Waals surface area contributed by atoms with Crippen molar-refractivity contribution in [3.63, 3.8) is 0 Å². The van der Waals surface area contributed by atoms with Crippen molar-refractivity contribution in [1.82, 2.24) is 4.98 Å². The molecule has 1 heteroatoms. The van der Waals surface area contributed by atoms with E-state index in [0.29, 0.717) is 0 Å². The fourth-order valence-electron chi connectivity index (χ4n) is 0.671. The largest absolute Gasteiger partial charge is 0.248 e. The van der Waals surface area contributed by atoms with Crippen LogP contribution in [-0.4, -0.2) is 4.98 Å². The lowest BCUT2D eigenvalue weighted by Crippen LogP contribution is -1.78. The highest BCUT2D eigenvalue weighted by Crippen LogP contribution is 1.92. The first-order valence-corrected chi connectivity index (χ1v) is 3.89. The molecule has 0 aromatic carbocycles. The SMILES string of the molecule is C/C=C(\C)C#Cc1ccccn1. The monoisotopic (exact) mass is 157 g/mol. The summed E-state index contributed by atoms with van der Waals surface area (Å²) in [6.45, 7) is 3.96. The molecule has 1 heterocycles. The quantitative estimate of drug-likeness (QED) is 0.527. The first-order valence-electron chi connectivity index (χ1n) is 3.89. The Hall–Kier alpha value is -1.55. The molecule has 0 aliphatic carbocycles. The van der Waals surface area contributed by atoms with Crippen LogP contribution in [0.15, 0.2) is 36.0 Å². The van der Waals surface area contributed by atoms with Crippen LogP contribution in [0, 0.1) is 11.8 Å². The van der Waals surface area contributed by atoms with Gasteiger partial charge in [0.15, 0.2) is 0 Å². The van der Waals surface area contributed by atoms with Gasteiger partial charge in [-0.2, -0.15) is 0 Å². The van der Waals surface area contributed by atoms with Gasteiger partial charge in [0.05, 0.1) is 0 Å². The first kappa shape index (κ1) is 8.55. The summed E-state index contributed by atoms with van der Waals surface area (Å²) in [5, 5.41) is 0. The van der Waals surface area contributed by atoms with E-state index in [4.69, 9.17) is 0 Å². The summed E-state index contributed by atoms with van der Waals surface area (Å²) in [5.41, 5.74) is 1.89. The standard InChI is InChI=1S/C11H11N/c1-3-10(2)7-8-11-6-4-5-9-12-11/h3-6,9H,1-2H3/b10-3+. The number of nitrogens with zero attached hydrogens (tertiary/aromatic N) is 1. The molecule has 0 aliphatic heterocycles. The molecule has 0 saturated carbocycles. The maximum atomic E-state index is 4.08. The smallest absolute Gasteiger partial charge is 0.113 e. The van der Waals surface area contributed by atoms with Crippen LogP contribution in [0.4, 0.5) is 0 Å². The Kier molecular flexibility index (Phi) is 3.10. The third-order valence-corrected chi connectivity index (χ3v) is 1.49. The molecule has 1 aromatic rings. The van der Waals surface area contributed by atoms with Gasteiger partial charge in [-0.25, -0.2) is 4.98 Å². The molecule has 1 nitrogen and oxygen atoms in total. The van der Waals surface area contributed by atoms with Gasteiger partial charge >= 0.3 is 0 Å². The van der Waals surface area contributed by atoms with E-state index >= 15 is 0 Å². The zero-order valence-electron chi connectivity index (χ0n) is 7.33. The molecule has 12 heavy (non-hydrogen) atoms. The highest BCUT2D eigenvalue weighted by molar-refractivity contribution is 5.35. The number of rotatable bonds is 0. The van der Waals surface area contributed by atoms with Gasteiger partial charge < -0.3 is 0 Å². The third kappa shape index (κ3) is 2.59. The molecule has 1 rings (SSSR count). The molecule has 0 radical (unpaired) electrons. The average Bonchev–Trinajstić information content (AvgIpc) is 2.16. The van der Waals surface area contributed by atoms with Crippen molar-refractivity contribution in [3.8, 4) is 11.8 Å². The summed E-state index contributed by atoms with van der Waals surface area (Å²) in [7, 11) is 0. The summed E-state index contributed by atoms with van der Waals surface area (Å²) in [4.78, 5) is 4.08. The maximum Gasteiger partial charge on any atom is 0.113 e. The van der Waals surface area contributed by atoms with Crippen molar-refractivity contribution in [2.24, 2.45) is 0 Å². The number of pyridine rings is 1. The minimum absolute atomic E-state index is 0.818. The molecule has 0 amide bonds. The number of hydrogen-bond acceptors (Lipinski definition) is 1. The van der Waals surface area contributed by atoms with Crippen molar-refractivity contribution in [2.45, 2.75) is 13.8 Å². The zero-order valence-corrected chi connectivity index (χ0v) is 7.33. The summed E-state index contributed by atoms with van der Waals surface area (Å²) >= 11 is 0. The summed E-state index contributed by atoms with van der Waals surface area (Å²) < 4.78 is 0. The van der Waals surface area contributed by atoms with Crippen LogP contribution in [0.25, 0.3) is 0 Å². The van der Waals surface area contributed by atoms with E-state index in [-0.39, 0.29) is 0 Å². The predicted octanol–water partition coefficient (Wildman–Crippen LogP) is 2.40. The number of hydrogen-bond donors (Lipinski definition) is 0. The third-order valence-electron chi connectivity index (χ3n) is 1.49. The van der Waals surface area contributed by atoms with E-state index in [2.05, 4.69) is 16.8 Å². The van der Waals surface area contributed by atoms with Crippen molar-refractivity contribution >= 4 is 0 Å². The zero-order chi connectivity index (χ0) is 8.81. The Morgan fingerprint density at radius 2 is 2.33 bits per heavy atom. The highest BCUT2D eigenvalue weighted by Gasteiger charge is 1.82. The van der Waals surface area contributed by atoms with Crippen molar-refractivity contribution in [1.29, 1.82) is 0 Å². The van der Waals surface area contributed by atoms with Crippen molar-refractivity contribution < 1.29 is 0 Å². The Balaban J connectivity index is 2.81. The topological polar surface area (TPSA) is 12.9 Å². The molecule has 0 aliphatic rings. The lowest BCUT2D eigenvalue weighted by molar-refractivity contribution is 1.29. The minimum atomic E-state index is 0.818. The van der Waals surface area contributed by atoms with Crippen LogP contribution in [0.5, 0.6) is 0 Å². The fraction of sp³-hybridized carbons (Fsp3) is 0.182. The number of aromatic nitrogens is 1. The Morgan fingerprint density at radius 1 is 1.50 bits per heavy atom. The van der Waals surface area contributed by atoms with Gasteiger partial charge in [-0.3, -0.25) is 0 Å². The summed E-state index contributed by atoms with van der Waals surface area (Å²) in [5.74, 6) is 5.96. The van der Waals surface area contributed by atoms with Crippen molar-refractivity contribution in [2.75, 3.05) is 0 Å². The van der Waals surface area contributed by atoms with E-state index in [9.17, 15) is 0 Å². The molecule has 0 fully saturated rings. The van der Waals surface area contributed by atoms with Gasteiger partial charge in [-0.05, 0) is 37.5 Å². The Morgan fingerprint density at radius 3 is 2.92 bits per heavy atom. The van der Waals surface area contributed by atoms with Gasteiger partial charge in [0.1, 0.15) is 5.69 Å². The lowest BCUT2D eigenvalue weighted by Gasteiger charge is -1.85. The van der Waals surface area contributed by atoms with Crippen LogP contribution in [0.2, 0.25) is 0 Å². The van der Waals surface area contributed by atoms with Crippen LogP contribution in [0.3, 0.4) is 0 Å². The summed E-state index contributed by atoms with van der Waals surface area (Å²) in [6.07, 6.45) is 3.73. The van der Waals surface area contributed by atoms with E-state index in [1.165, 1.54) is 0 Å². The first-order chi connectivity index (χ1) is 5.83. The molecular formula is C11H11N. The lowest BCUT2D eigenvalue weighted by atomic mass is 10.3. The summed E-state index contributed by atoms with van der Waals surface area (Å²) in [6, 6.07) is 5.71. The van der Waals surface area contributed by atoms with Crippen LogP contribution in [0.1, 0.15) is 19.5 Å². The second-order valence-electron chi connectivity index (χ2n) is 2.44. The van der Waals surface area contributed by atoms with Gasteiger partial charge in [0, 0.05) is 6.20 Å². The average molecular weight is 157 g/mol. The normalized spacial score (nSPS) is 10.3. The molecule has 0 unspecified atom stereocenters. The van der Waals surface area contributed by atoms with Crippen LogP contribution >= 0.6 is 0 Å².